The molecule has 1 aliphatic heterocycles. The van der Waals surface area contributed by atoms with Crippen LogP contribution in [0, 0.1) is 11.3 Å². The summed E-state index contributed by atoms with van der Waals surface area (Å²) >= 11 is 11.8. The van der Waals surface area contributed by atoms with Crippen molar-refractivity contribution in [1.82, 2.24) is 4.90 Å². The lowest BCUT2D eigenvalue weighted by atomic mass is 9.81. The molecule has 1 aromatic carbocycles. The maximum atomic E-state index is 12.5. The second-order valence-corrected chi connectivity index (χ2v) is 6.68. The van der Waals surface area contributed by atoms with Gasteiger partial charge in [0.25, 0.3) is 5.91 Å². The number of amides is 1. The Morgan fingerprint density at radius 1 is 1.29 bits per heavy atom. The number of aliphatic carboxylic acids is 1. The second kappa shape index (κ2) is 5.18. The van der Waals surface area contributed by atoms with Crippen molar-refractivity contribution < 1.29 is 14.7 Å². The summed E-state index contributed by atoms with van der Waals surface area (Å²) in [7, 11) is 0. The van der Waals surface area contributed by atoms with Gasteiger partial charge < -0.3 is 10.0 Å². The van der Waals surface area contributed by atoms with Gasteiger partial charge in [0.2, 0.25) is 0 Å². The van der Waals surface area contributed by atoms with Crippen LogP contribution in [0.25, 0.3) is 0 Å². The minimum absolute atomic E-state index is 0.0572. The van der Waals surface area contributed by atoms with E-state index < -0.39 is 11.4 Å². The minimum Gasteiger partial charge on any atom is -0.481 e. The molecule has 2 aliphatic rings. The fraction of sp³-hybridized carbons (Fsp3) is 0.467. The molecule has 1 aromatic rings. The van der Waals surface area contributed by atoms with Gasteiger partial charge in [0.15, 0.2) is 0 Å². The van der Waals surface area contributed by atoms with Crippen molar-refractivity contribution in [1.29, 1.82) is 0 Å². The lowest BCUT2D eigenvalue weighted by Gasteiger charge is -2.23. The quantitative estimate of drug-likeness (QED) is 0.906. The second-order valence-electron chi connectivity index (χ2n) is 5.87. The molecule has 0 aromatic heterocycles. The lowest BCUT2D eigenvalue weighted by Crippen LogP contribution is -2.37. The Bertz CT molecular complexity index is 619. The van der Waals surface area contributed by atoms with Gasteiger partial charge in [-0.3, -0.25) is 9.59 Å². The lowest BCUT2D eigenvalue weighted by molar-refractivity contribution is -0.149. The maximum absolute atomic E-state index is 12.5. The molecule has 1 heterocycles. The van der Waals surface area contributed by atoms with E-state index in [9.17, 15) is 14.7 Å². The van der Waals surface area contributed by atoms with Crippen molar-refractivity contribution in [2.45, 2.75) is 19.3 Å². The molecule has 3 rings (SSSR count). The molecule has 1 saturated heterocycles. The standard InChI is InChI=1S/C15H15Cl2NO3/c16-11-4-3-9(6-12(11)17)13(19)18-7-10-2-1-5-15(10,8-18)14(20)21/h3-4,6,10H,1-2,5,7-8H2,(H,20,21)/t10-,15+/m0/s1. The first kappa shape index (κ1) is 14.7. The summed E-state index contributed by atoms with van der Waals surface area (Å²) < 4.78 is 0. The number of rotatable bonds is 2. The van der Waals surface area contributed by atoms with Gasteiger partial charge in [-0.2, -0.15) is 0 Å². The number of carbonyl (C=O) groups is 2. The highest BCUT2D eigenvalue weighted by Gasteiger charge is 2.55. The first-order chi connectivity index (χ1) is 9.94. The van der Waals surface area contributed by atoms with Gasteiger partial charge in [0.05, 0.1) is 15.5 Å². The van der Waals surface area contributed by atoms with E-state index in [1.165, 1.54) is 6.07 Å². The summed E-state index contributed by atoms with van der Waals surface area (Å²) in [5.41, 5.74) is -0.309. The molecule has 6 heteroatoms. The van der Waals surface area contributed by atoms with Crippen LogP contribution in [0.15, 0.2) is 18.2 Å². The number of fused-ring (bicyclic) bond motifs is 1. The minimum atomic E-state index is -0.783. The predicted molar refractivity (Wildman–Crippen MR) is 79.8 cm³/mol. The third-order valence-electron chi connectivity index (χ3n) is 4.75. The zero-order chi connectivity index (χ0) is 15.2. The number of benzene rings is 1. The van der Waals surface area contributed by atoms with Crippen LogP contribution in [-0.4, -0.2) is 35.0 Å². The Hall–Kier alpha value is -1.26. The van der Waals surface area contributed by atoms with Crippen molar-refractivity contribution >= 4 is 35.1 Å². The van der Waals surface area contributed by atoms with Crippen LogP contribution < -0.4 is 0 Å². The topological polar surface area (TPSA) is 57.6 Å². The number of likely N-dealkylation sites (tertiary alicyclic amines) is 1. The van der Waals surface area contributed by atoms with Crippen molar-refractivity contribution in [2.75, 3.05) is 13.1 Å². The fourth-order valence-electron chi connectivity index (χ4n) is 3.61. The highest BCUT2D eigenvalue weighted by molar-refractivity contribution is 6.42. The highest BCUT2D eigenvalue weighted by Crippen LogP contribution is 2.49. The molecular weight excluding hydrogens is 313 g/mol. The summed E-state index contributed by atoms with van der Waals surface area (Å²) in [6.07, 6.45) is 2.45. The summed E-state index contributed by atoms with van der Waals surface area (Å²) in [5, 5.41) is 10.3. The zero-order valence-corrected chi connectivity index (χ0v) is 12.8. The van der Waals surface area contributed by atoms with Gasteiger partial charge in [-0.05, 0) is 37.0 Å². The Morgan fingerprint density at radius 2 is 2.05 bits per heavy atom. The number of nitrogens with zero attached hydrogens (tertiary/aromatic N) is 1. The van der Waals surface area contributed by atoms with Crippen LogP contribution in [0.3, 0.4) is 0 Å². The maximum Gasteiger partial charge on any atom is 0.311 e. The SMILES string of the molecule is O=C(c1ccc(Cl)c(Cl)c1)N1C[C@@H]2CCC[C@@]2(C(=O)O)C1. The molecule has 0 bridgehead atoms. The average Bonchev–Trinajstić information content (AvgIpc) is 2.98. The van der Waals surface area contributed by atoms with Gasteiger partial charge >= 0.3 is 5.97 Å². The average molecular weight is 328 g/mol. The predicted octanol–water partition coefficient (Wildman–Crippen LogP) is 3.32. The van der Waals surface area contributed by atoms with Gasteiger partial charge in [0, 0.05) is 18.7 Å². The van der Waals surface area contributed by atoms with E-state index in [0.717, 1.165) is 12.8 Å². The number of carboxylic acids is 1. The van der Waals surface area contributed by atoms with Crippen LogP contribution in [0.2, 0.25) is 10.0 Å². The van der Waals surface area contributed by atoms with E-state index >= 15 is 0 Å². The Labute approximate surface area is 132 Å². The highest BCUT2D eigenvalue weighted by atomic mass is 35.5. The van der Waals surface area contributed by atoms with Gasteiger partial charge in [0.1, 0.15) is 0 Å². The monoisotopic (exact) mass is 327 g/mol. The van der Waals surface area contributed by atoms with Gasteiger partial charge in [-0.1, -0.05) is 29.6 Å². The molecule has 2 fully saturated rings. The molecule has 0 unspecified atom stereocenters. The number of carboxylic acid groups (broad SMARTS) is 1. The Kier molecular flexibility index (Phi) is 3.62. The number of hydrogen-bond acceptors (Lipinski definition) is 2. The molecule has 1 aliphatic carbocycles. The Morgan fingerprint density at radius 3 is 2.67 bits per heavy atom. The molecule has 0 spiro atoms. The first-order valence-electron chi connectivity index (χ1n) is 6.92. The summed E-state index contributed by atoms with van der Waals surface area (Å²) in [5.74, 6) is -0.903. The van der Waals surface area contributed by atoms with Gasteiger partial charge in [-0.25, -0.2) is 0 Å². The molecule has 21 heavy (non-hydrogen) atoms. The molecule has 0 radical (unpaired) electrons. The summed E-state index contributed by atoms with van der Waals surface area (Å²) in [6, 6.07) is 4.74. The van der Waals surface area contributed by atoms with E-state index in [2.05, 4.69) is 0 Å². The van der Waals surface area contributed by atoms with Crippen molar-refractivity contribution in [3.8, 4) is 0 Å². The summed E-state index contributed by atoms with van der Waals surface area (Å²) in [6.45, 7) is 0.789. The van der Waals surface area contributed by atoms with Crippen LogP contribution in [0.5, 0.6) is 0 Å². The number of hydrogen-bond donors (Lipinski definition) is 1. The van der Waals surface area contributed by atoms with Crippen LogP contribution in [0.1, 0.15) is 29.6 Å². The molecule has 112 valence electrons. The zero-order valence-electron chi connectivity index (χ0n) is 11.3. The van der Waals surface area contributed by atoms with Crippen molar-refractivity contribution in [3.63, 3.8) is 0 Å². The van der Waals surface area contributed by atoms with E-state index in [4.69, 9.17) is 23.2 Å². The van der Waals surface area contributed by atoms with E-state index in [1.54, 1.807) is 17.0 Å². The van der Waals surface area contributed by atoms with E-state index in [1.807, 2.05) is 0 Å². The molecular formula is C15H15Cl2NO3. The molecule has 4 nitrogen and oxygen atoms in total. The normalized spacial score (nSPS) is 27.7. The first-order valence-corrected chi connectivity index (χ1v) is 7.67. The Balaban J connectivity index is 1.84. The fourth-order valence-corrected chi connectivity index (χ4v) is 3.90. The smallest absolute Gasteiger partial charge is 0.311 e. The number of halogens is 2. The third kappa shape index (κ3) is 2.30. The van der Waals surface area contributed by atoms with Crippen LogP contribution in [0.4, 0.5) is 0 Å². The number of carbonyl (C=O) groups excluding carboxylic acids is 1. The van der Waals surface area contributed by atoms with Crippen molar-refractivity contribution in [2.24, 2.45) is 11.3 Å². The largest absolute Gasteiger partial charge is 0.481 e. The molecule has 2 atom stereocenters. The van der Waals surface area contributed by atoms with E-state index in [0.29, 0.717) is 28.6 Å². The van der Waals surface area contributed by atoms with Crippen molar-refractivity contribution in [3.05, 3.63) is 33.8 Å². The molecule has 1 saturated carbocycles. The molecule has 1 N–H and O–H groups in total. The summed E-state index contributed by atoms with van der Waals surface area (Å²) in [4.78, 5) is 25.8. The van der Waals surface area contributed by atoms with Gasteiger partial charge in [-0.15, -0.1) is 0 Å². The molecule has 1 amide bonds. The van der Waals surface area contributed by atoms with Crippen LogP contribution >= 0.6 is 23.2 Å². The van der Waals surface area contributed by atoms with Crippen LogP contribution in [-0.2, 0) is 4.79 Å². The third-order valence-corrected chi connectivity index (χ3v) is 5.49. The van der Waals surface area contributed by atoms with E-state index in [-0.39, 0.29) is 18.4 Å².